The molecule has 0 spiro atoms. The Morgan fingerprint density at radius 1 is 1.13 bits per heavy atom. The van der Waals surface area contributed by atoms with Crippen molar-refractivity contribution in [2.75, 3.05) is 24.1 Å². The number of hydrogen-bond donors (Lipinski definition) is 1. The predicted molar refractivity (Wildman–Crippen MR) is 116 cm³/mol. The van der Waals surface area contributed by atoms with E-state index >= 15 is 0 Å². The largest absolute Gasteiger partial charge is 0.497 e. The Morgan fingerprint density at radius 2 is 1.83 bits per heavy atom. The first-order valence-electron chi connectivity index (χ1n) is 9.29. The fourth-order valence-electron chi connectivity index (χ4n) is 3.35. The average molecular weight is 424 g/mol. The lowest BCUT2D eigenvalue weighted by Gasteiger charge is -2.23. The van der Waals surface area contributed by atoms with Crippen molar-refractivity contribution in [1.29, 1.82) is 0 Å². The Kier molecular flexibility index (Phi) is 5.45. The van der Waals surface area contributed by atoms with E-state index in [2.05, 4.69) is 10.4 Å². The van der Waals surface area contributed by atoms with Crippen LogP contribution in [-0.2, 0) is 11.8 Å². The summed E-state index contributed by atoms with van der Waals surface area (Å²) in [5.74, 6) is 0.902. The number of hydrogen-bond acceptors (Lipinski definition) is 6. The fraction of sp³-hybridized carbons (Fsp3) is 0.238. The van der Waals surface area contributed by atoms with Crippen molar-refractivity contribution in [1.82, 2.24) is 14.7 Å². The third kappa shape index (κ3) is 3.63. The topological polar surface area (TPSA) is 93.5 Å². The number of nitrogens with one attached hydrogen (secondary N) is 1. The highest BCUT2D eigenvalue weighted by molar-refractivity contribution is 7.99. The standard InChI is InChI=1S/C21H20N4O4S/c1-24-20(27)16-6-4-3-5-15(16)18(23-24)21(28)25-12-30-11-17(25)19(26)22-13-7-9-14(29-2)10-8-13/h3-10,17H,11-12H2,1-2H3,(H,22,26). The molecule has 0 radical (unpaired) electrons. The van der Waals surface area contributed by atoms with E-state index in [1.807, 2.05) is 0 Å². The van der Waals surface area contributed by atoms with Gasteiger partial charge in [-0.05, 0) is 30.3 Å². The van der Waals surface area contributed by atoms with E-state index in [1.165, 1.54) is 23.7 Å². The highest BCUT2D eigenvalue weighted by Crippen LogP contribution is 2.26. The van der Waals surface area contributed by atoms with Gasteiger partial charge in [-0.15, -0.1) is 11.8 Å². The summed E-state index contributed by atoms with van der Waals surface area (Å²) >= 11 is 1.50. The molecule has 2 aromatic carbocycles. The third-order valence-electron chi connectivity index (χ3n) is 4.96. The van der Waals surface area contributed by atoms with E-state index < -0.39 is 6.04 Å². The quantitative estimate of drug-likeness (QED) is 0.689. The number of rotatable bonds is 4. The van der Waals surface area contributed by atoms with Gasteiger partial charge in [0.15, 0.2) is 5.69 Å². The lowest BCUT2D eigenvalue weighted by atomic mass is 10.1. The molecule has 1 fully saturated rings. The summed E-state index contributed by atoms with van der Waals surface area (Å²) in [7, 11) is 3.09. The van der Waals surface area contributed by atoms with Crippen LogP contribution in [0.5, 0.6) is 5.75 Å². The van der Waals surface area contributed by atoms with E-state index in [0.29, 0.717) is 33.8 Å². The number of benzene rings is 2. The van der Waals surface area contributed by atoms with Gasteiger partial charge in [-0.3, -0.25) is 14.4 Å². The molecule has 0 saturated carbocycles. The van der Waals surface area contributed by atoms with E-state index in [-0.39, 0.29) is 23.1 Å². The Balaban J connectivity index is 1.61. The Morgan fingerprint density at radius 3 is 2.53 bits per heavy atom. The first-order chi connectivity index (χ1) is 14.5. The third-order valence-corrected chi connectivity index (χ3v) is 5.97. The van der Waals surface area contributed by atoms with Crippen LogP contribution in [0.4, 0.5) is 5.69 Å². The number of anilines is 1. The van der Waals surface area contributed by atoms with Crippen molar-refractivity contribution in [3.8, 4) is 5.75 Å². The molecule has 0 bridgehead atoms. The van der Waals surface area contributed by atoms with Crippen LogP contribution in [0.3, 0.4) is 0 Å². The molecule has 154 valence electrons. The van der Waals surface area contributed by atoms with Crippen molar-refractivity contribution in [3.63, 3.8) is 0 Å². The van der Waals surface area contributed by atoms with Crippen LogP contribution in [0.15, 0.2) is 53.3 Å². The van der Waals surface area contributed by atoms with Crippen LogP contribution < -0.4 is 15.6 Å². The molecule has 4 rings (SSSR count). The maximum atomic E-state index is 13.3. The van der Waals surface area contributed by atoms with Crippen molar-refractivity contribution in [3.05, 3.63) is 64.6 Å². The van der Waals surface area contributed by atoms with E-state index in [0.717, 1.165) is 4.68 Å². The molecule has 1 unspecified atom stereocenters. The highest BCUT2D eigenvalue weighted by atomic mass is 32.2. The van der Waals surface area contributed by atoms with Gasteiger partial charge in [0, 0.05) is 23.9 Å². The smallest absolute Gasteiger partial charge is 0.276 e. The summed E-state index contributed by atoms with van der Waals surface area (Å²) in [6.45, 7) is 0. The van der Waals surface area contributed by atoms with Gasteiger partial charge in [-0.1, -0.05) is 18.2 Å². The molecule has 2 amide bonds. The molecule has 3 aromatic rings. The molecule has 0 aliphatic carbocycles. The summed E-state index contributed by atoms with van der Waals surface area (Å²) in [6, 6.07) is 13.2. The molecule has 1 aromatic heterocycles. The lowest BCUT2D eigenvalue weighted by Crippen LogP contribution is -2.45. The maximum absolute atomic E-state index is 13.3. The zero-order valence-electron chi connectivity index (χ0n) is 16.5. The van der Waals surface area contributed by atoms with Crippen LogP contribution in [0.2, 0.25) is 0 Å². The number of thioether (sulfide) groups is 1. The zero-order valence-corrected chi connectivity index (χ0v) is 17.3. The molecule has 1 aliphatic heterocycles. The summed E-state index contributed by atoms with van der Waals surface area (Å²) < 4.78 is 6.28. The van der Waals surface area contributed by atoms with Crippen LogP contribution in [0.25, 0.3) is 10.8 Å². The van der Waals surface area contributed by atoms with Gasteiger partial charge in [0.1, 0.15) is 11.8 Å². The van der Waals surface area contributed by atoms with Crippen molar-refractivity contribution < 1.29 is 14.3 Å². The second kappa shape index (κ2) is 8.19. The van der Waals surface area contributed by atoms with Crippen LogP contribution in [0.1, 0.15) is 10.5 Å². The fourth-order valence-corrected chi connectivity index (χ4v) is 4.51. The first-order valence-corrected chi connectivity index (χ1v) is 10.4. The minimum absolute atomic E-state index is 0.164. The molecular weight excluding hydrogens is 404 g/mol. The van der Waals surface area contributed by atoms with Gasteiger partial charge in [0.25, 0.3) is 11.5 Å². The van der Waals surface area contributed by atoms with Gasteiger partial charge >= 0.3 is 0 Å². The molecule has 1 aliphatic rings. The second-order valence-corrected chi connectivity index (χ2v) is 7.83. The molecule has 8 nitrogen and oxygen atoms in total. The zero-order chi connectivity index (χ0) is 21.3. The molecule has 1 N–H and O–H groups in total. The summed E-state index contributed by atoms with van der Waals surface area (Å²) in [5, 5.41) is 7.96. The summed E-state index contributed by atoms with van der Waals surface area (Å²) in [5.41, 5.74) is 0.514. The number of aromatic nitrogens is 2. The SMILES string of the molecule is COc1ccc(NC(=O)C2CSCN2C(=O)c2nn(C)c(=O)c3ccccc23)cc1. The lowest BCUT2D eigenvalue weighted by molar-refractivity contribution is -0.119. The van der Waals surface area contributed by atoms with Crippen LogP contribution in [-0.4, -0.2) is 51.3 Å². The highest BCUT2D eigenvalue weighted by Gasteiger charge is 2.36. The monoisotopic (exact) mass is 424 g/mol. The van der Waals surface area contributed by atoms with Crippen LogP contribution in [0, 0.1) is 0 Å². The summed E-state index contributed by atoms with van der Waals surface area (Å²) in [4.78, 5) is 40.0. The van der Waals surface area contributed by atoms with Gasteiger partial charge in [-0.25, -0.2) is 4.68 Å². The van der Waals surface area contributed by atoms with E-state index in [9.17, 15) is 14.4 Å². The van der Waals surface area contributed by atoms with E-state index in [1.54, 1.807) is 55.6 Å². The Hall–Kier alpha value is -3.33. The number of aryl methyl sites for hydroxylation is 1. The molecule has 30 heavy (non-hydrogen) atoms. The van der Waals surface area contributed by atoms with E-state index in [4.69, 9.17) is 4.74 Å². The van der Waals surface area contributed by atoms with Crippen molar-refractivity contribution in [2.24, 2.45) is 7.05 Å². The molecule has 1 saturated heterocycles. The van der Waals surface area contributed by atoms with Crippen molar-refractivity contribution >= 4 is 40.0 Å². The van der Waals surface area contributed by atoms with Crippen LogP contribution >= 0.6 is 11.8 Å². The number of fused-ring (bicyclic) bond motifs is 1. The van der Waals surface area contributed by atoms with Crippen molar-refractivity contribution in [2.45, 2.75) is 6.04 Å². The Bertz CT molecular complexity index is 1180. The van der Waals surface area contributed by atoms with Gasteiger partial charge in [0.05, 0.1) is 18.4 Å². The number of carbonyl (C=O) groups is 2. The Labute approximate surface area is 176 Å². The first kappa shape index (κ1) is 20.0. The molecule has 1 atom stereocenters. The minimum Gasteiger partial charge on any atom is -0.497 e. The van der Waals surface area contributed by atoms with Gasteiger partial charge in [0.2, 0.25) is 5.91 Å². The average Bonchev–Trinajstić information content (AvgIpc) is 3.26. The number of carbonyl (C=O) groups excluding carboxylic acids is 2. The number of amides is 2. The maximum Gasteiger partial charge on any atom is 0.276 e. The second-order valence-electron chi connectivity index (χ2n) is 6.83. The molecule has 9 heteroatoms. The van der Waals surface area contributed by atoms with Gasteiger partial charge < -0.3 is 15.0 Å². The predicted octanol–water partition coefficient (Wildman–Crippen LogP) is 2.10. The number of nitrogens with zero attached hydrogens (tertiary/aromatic N) is 3. The molecule has 2 heterocycles. The number of methoxy groups -OCH3 is 1. The van der Waals surface area contributed by atoms with Gasteiger partial charge in [-0.2, -0.15) is 5.10 Å². The normalized spacial score (nSPS) is 15.9. The minimum atomic E-state index is -0.637. The summed E-state index contributed by atoms with van der Waals surface area (Å²) in [6.07, 6.45) is 0. The number of ether oxygens (including phenoxy) is 1. The molecular formula is C21H20N4O4S.